The summed E-state index contributed by atoms with van der Waals surface area (Å²) >= 11 is 3.44. The molecule has 2 rings (SSSR count). The summed E-state index contributed by atoms with van der Waals surface area (Å²) < 4.78 is 1.13. The Morgan fingerprint density at radius 2 is 2.00 bits per heavy atom. The van der Waals surface area contributed by atoms with Crippen LogP contribution in [-0.4, -0.2) is 23.8 Å². The van der Waals surface area contributed by atoms with Gasteiger partial charge in [-0.3, -0.25) is 0 Å². The molecule has 0 spiro atoms. The highest BCUT2D eigenvalue weighted by atomic mass is 79.9. The third-order valence-electron chi connectivity index (χ3n) is 3.42. The molecule has 0 saturated heterocycles. The minimum Gasteiger partial charge on any atom is -0.393 e. The van der Waals surface area contributed by atoms with Crippen LogP contribution in [-0.2, 0) is 6.42 Å². The summed E-state index contributed by atoms with van der Waals surface area (Å²) in [5, 5.41) is 12.8. The van der Waals surface area contributed by atoms with E-state index in [0.29, 0.717) is 12.0 Å². The Balaban J connectivity index is 1.69. The molecule has 2 nitrogen and oxygen atoms in total. The highest BCUT2D eigenvalue weighted by Crippen LogP contribution is 2.26. The molecule has 1 aromatic rings. The topological polar surface area (TPSA) is 32.3 Å². The van der Waals surface area contributed by atoms with Crippen LogP contribution in [0.3, 0.4) is 0 Å². The fourth-order valence-corrected chi connectivity index (χ4v) is 2.55. The Morgan fingerprint density at radius 3 is 2.59 bits per heavy atom. The molecule has 3 heteroatoms. The molecule has 0 bridgehead atoms. The number of aliphatic hydroxyl groups is 1. The number of halogens is 1. The molecule has 1 unspecified atom stereocenters. The first-order valence-electron chi connectivity index (χ1n) is 6.29. The Hall–Kier alpha value is -0.380. The van der Waals surface area contributed by atoms with Gasteiger partial charge in [0.05, 0.1) is 6.10 Å². The van der Waals surface area contributed by atoms with Crippen molar-refractivity contribution in [3.63, 3.8) is 0 Å². The van der Waals surface area contributed by atoms with Crippen molar-refractivity contribution in [1.82, 2.24) is 5.32 Å². The number of hydrogen-bond donors (Lipinski definition) is 2. The summed E-state index contributed by atoms with van der Waals surface area (Å²) in [4.78, 5) is 0. The number of aliphatic hydroxyl groups excluding tert-OH is 1. The molecule has 0 amide bonds. The minimum atomic E-state index is -0.0384. The van der Waals surface area contributed by atoms with E-state index in [0.717, 1.165) is 30.3 Å². The van der Waals surface area contributed by atoms with Gasteiger partial charge in [-0.1, -0.05) is 28.1 Å². The predicted octanol–water partition coefficient (Wildman–Crippen LogP) is 2.74. The zero-order chi connectivity index (χ0) is 12.3. The summed E-state index contributed by atoms with van der Waals surface area (Å²) in [6.07, 6.45) is 2.96. The molecule has 17 heavy (non-hydrogen) atoms. The van der Waals surface area contributed by atoms with Crippen molar-refractivity contribution in [2.75, 3.05) is 6.54 Å². The third kappa shape index (κ3) is 4.09. The van der Waals surface area contributed by atoms with Crippen molar-refractivity contribution < 1.29 is 5.11 Å². The Morgan fingerprint density at radius 1 is 1.35 bits per heavy atom. The summed E-state index contributed by atoms with van der Waals surface area (Å²) in [6, 6.07) is 8.99. The molecule has 1 fully saturated rings. The van der Waals surface area contributed by atoms with Crippen LogP contribution < -0.4 is 5.32 Å². The van der Waals surface area contributed by atoms with Crippen LogP contribution in [0.1, 0.15) is 25.3 Å². The largest absolute Gasteiger partial charge is 0.393 e. The third-order valence-corrected chi connectivity index (χ3v) is 3.95. The average molecular weight is 298 g/mol. The molecule has 1 saturated carbocycles. The lowest BCUT2D eigenvalue weighted by atomic mass is 9.82. The molecule has 94 valence electrons. The average Bonchev–Trinajstić information content (AvgIpc) is 2.26. The van der Waals surface area contributed by atoms with Crippen molar-refractivity contribution >= 4 is 15.9 Å². The van der Waals surface area contributed by atoms with Gasteiger partial charge in [0.2, 0.25) is 0 Å². The molecular formula is C14H20BrNO. The first-order chi connectivity index (χ1) is 8.13. The van der Waals surface area contributed by atoms with E-state index in [4.69, 9.17) is 0 Å². The van der Waals surface area contributed by atoms with Crippen LogP contribution >= 0.6 is 15.9 Å². The fourth-order valence-electron chi connectivity index (χ4n) is 2.28. The van der Waals surface area contributed by atoms with Gasteiger partial charge in [-0.15, -0.1) is 0 Å². The van der Waals surface area contributed by atoms with Crippen LogP contribution in [0.4, 0.5) is 0 Å². The Bertz CT molecular complexity index is 346. The lowest BCUT2D eigenvalue weighted by Gasteiger charge is -2.32. The van der Waals surface area contributed by atoms with E-state index < -0.39 is 0 Å². The maximum absolute atomic E-state index is 9.21. The van der Waals surface area contributed by atoms with Crippen LogP contribution in [0.2, 0.25) is 0 Å². The van der Waals surface area contributed by atoms with Gasteiger partial charge < -0.3 is 10.4 Å². The van der Waals surface area contributed by atoms with Crippen LogP contribution in [0, 0.1) is 5.92 Å². The van der Waals surface area contributed by atoms with Gasteiger partial charge in [0.1, 0.15) is 0 Å². The lowest BCUT2D eigenvalue weighted by Crippen LogP contribution is -2.39. The molecule has 0 heterocycles. The highest BCUT2D eigenvalue weighted by Gasteiger charge is 2.26. The minimum absolute atomic E-state index is 0.0384. The van der Waals surface area contributed by atoms with Crippen molar-refractivity contribution in [2.45, 2.75) is 38.3 Å². The molecular weight excluding hydrogens is 278 g/mol. The second kappa shape index (κ2) is 5.98. The molecule has 1 aromatic carbocycles. The standard InChI is InChI=1S/C14H20BrNO/c1-10(16-9-12-7-14(17)8-12)6-11-2-4-13(15)5-3-11/h2-5,10,12,14,16-17H,6-9H2,1H3. The maximum atomic E-state index is 9.21. The van der Waals surface area contributed by atoms with Crippen LogP contribution in [0.25, 0.3) is 0 Å². The normalized spacial score (nSPS) is 25.4. The molecule has 1 atom stereocenters. The number of benzene rings is 1. The van der Waals surface area contributed by atoms with E-state index in [1.807, 2.05) is 0 Å². The SMILES string of the molecule is CC(Cc1ccc(Br)cc1)NCC1CC(O)C1. The molecule has 1 aliphatic carbocycles. The monoisotopic (exact) mass is 297 g/mol. The van der Waals surface area contributed by atoms with Crippen molar-refractivity contribution in [1.29, 1.82) is 0 Å². The van der Waals surface area contributed by atoms with Gasteiger partial charge in [-0.05, 0) is 56.3 Å². The van der Waals surface area contributed by atoms with E-state index in [1.165, 1.54) is 5.56 Å². The van der Waals surface area contributed by atoms with E-state index in [9.17, 15) is 5.11 Å². The summed E-state index contributed by atoms with van der Waals surface area (Å²) in [7, 11) is 0. The molecule has 2 N–H and O–H groups in total. The second-order valence-electron chi connectivity index (χ2n) is 5.13. The quantitative estimate of drug-likeness (QED) is 0.876. The van der Waals surface area contributed by atoms with Gasteiger partial charge >= 0.3 is 0 Å². The van der Waals surface area contributed by atoms with Gasteiger partial charge in [0.15, 0.2) is 0 Å². The van der Waals surface area contributed by atoms with E-state index >= 15 is 0 Å². The van der Waals surface area contributed by atoms with Crippen LogP contribution in [0.5, 0.6) is 0 Å². The van der Waals surface area contributed by atoms with E-state index in [-0.39, 0.29) is 6.10 Å². The predicted molar refractivity (Wildman–Crippen MR) is 74.0 cm³/mol. The zero-order valence-electron chi connectivity index (χ0n) is 10.2. The van der Waals surface area contributed by atoms with Gasteiger partial charge in [-0.2, -0.15) is 0 Å². The smallest absolute Gasteiger partial charge is 0.0546 e. The van der Waals surface area contributed by atoms with Crippen LogP contribution in [0.15, 0.2) is 28.7 Å². The van der Waals surface area contributed by atoms with E-state index in [1.54, 1.807) is 0 Å². The fraction of sp³-hybridized carbons (Fsp3) is 0.571. The van der Waals surface area contributed by atoms with E-state index in [2.05, 4.69) is 52.4 Å². The molecule has 1 aliphatic rings. The summed E-state index contributed by atoms with van der Waals surface area (Å²) in [5.74, 6) is 0.678. The highest BCUT2D eigenvalue weighted by molar-refractivity contribution is 9.10. The first-order valence-corrected chi connectivity index (χ1v) is 7.08. The second-order valence-corrected chi connectivity index (χ2v) is 6.05. The van der Waals surface area contributed by atoms with Gasteiger partial charge in [-0.25, -0.2) is 0 Å². The number of hydrogen-bond acceptors (Lipinski definition) is 2. The lowest BCUT2D eigenvalue weighted by molar-refractivity contribution is 0.0421. The Kier molecular flexibility index (Phi) is 4.60. The Labute approximate surface area is 112 Å². The number of rotatable bonds is 5. The first kappa shape index (κ1) is 13.1. The zero-order valence-corrected chi connectivity index (χ0v) is 11.8. The van der Waals surface area contributed by atoms with Crippen molar-refractivity contribution in [2.24, 2.45) is 5.92 Å². The molecule has 0 aromatic heterocycles. The summed E-state index contributed by atoms with van der Waals surface area (Å²) in [6.45, 7) is 3.26. The van der Waals surface area contributed by atoms with Gasteiger partial charge in [0, 0.05) is 10.5 Å². The molecule has 0 radical (unpaired) electrons. The number of nitrogens with one attached hydrogen (secondary N) is 1. The van der Waals surface area contributed by atoms with Crippen molar-refractivity contribution in [3.8, 4) is 0 Å². The van der Waals surface area contributed by atoms with Crippen molar-refractivity contribution in [3.05, 3.63) is 34.3 Å². The van der Waals surface area contributed by atoms with Gasteiger partial charge in [0.25, 0.3) is 0 Å². The molecule has 0 aliphatic heterocycles. The maximum Gasteiger partial charge on any atom is 0.0546 e. The summed E-state index contributed by atoms with van der Waals surface area (Å²) in [5.41, 5.74) is 1.36.